The highest BCUT2D eigenvalue weighted by Gasteiger charge is 2.17. The van der Waals surface area contributed by atoms with Crippen LogP contribution in [0.3, 0.4) is 0 Å². The molecule has 0 unspecified atom stereocenters. The van der Waals surface area contributed by atoms with Gasteiger partial charge in [0.2, 0.25) is 0 Å². The summed E-state index contributed by atoms with van der Waals surface area (Å²) in [5.41, 5.74) is 0.373. The Labute approximate surface area is 102 Å². The molecule has 2 heterocycles. The van der Waals surface area contributed by atoms with E-state index < -0.39 is 0 Å². The molecule has 1 aliphatic rings. The fraction of sp³-hybridized carbons (Fsp3) is 0.583. The predicted octanol–water partition coefficient (Wildman–Crippen LogP) is 0.880. The molecule has 1 saturated heterocycles. The zero-order chi connectivity index (χ0) is 12.1. The molecule has 1 aromatic rings. The lowest BCUT2D eigenvalue weighted by Crippen LogP contribution is -2.46. The molecule has 0 amide bonds. The van der Waals surface area contributed by atoms with Crippen molar-refractivity contribution in [3.05, 3.63) is 17.8 Å². The van der Waals surface area contributed by atoms with Crippen LogP contribution in [0.1, 0.15) is 19.0 Å². The first-order valence-electron chi connectivity index (χ1n) is 6.04. The summed E-state index contributed by atoms with van der Waals surface area (Å²) < 4.78 is 0. The molecule has 1 aromatic heterocycles. The van der Waals surface area contributed by atoms with E-state index in [0.717, 1.165) is 32.0 Å². The van der Waals surface area contributed by atoms with Gasteiger partial charge in [-0.3, -0.25) is 4.90 Å². The maximum Gasteiger partial charge on any atom is 0.163 e. The standard InChI is InChI=1S/C12H17N5/c1-2-5-16-6-8-17(9-7-16)12-4-3-11(10-13)14-15-12/h3-4H,2,5-9H2,1H3. The number of hydrogen-bond acceptors (Lipinski definition) is 5. The first-order valence-corrected chi connectivity index (χ1v) is 6.04. The van der Waals surface area contributed by atoms with Crippen LogP contribution in [0.15, 0.2) is 12.1 Å². The average Bonchev–Trinajstić information content (AvgIpc) is 2.40. The first kappa shape index (κ1) is 11.8. The number of anilines is 1. The summed E-state index contributed by atoms with van der Waals surface area (Å²) in [7, 11) is 0. The minimum Gasteiger partial charge on any atom is -0.353 e. The third-order valence-corrected chi connectivity index (χ3v) is 3.00. The van der Waals surface area contributed by atoms with Crippen molar-refractivity contribution in [2.45, 2.75) is 13.3 Å². The largest absolute Gasteiger partial charge is 0.353 e. The zero-order valence-electron chi connectivity index (χ0n) is 10.1. The Morgan fingerprint density at radius 2 is 2.00 bits per heavy atom. The lowest BCUT2D eigenvalue weighted by molar-refractivity contribution is 0.258. The van der Waals surface area contributed by atoms with E-state index in [-0.39, 0.29) is 0 Å². The Balaban J connectivity index is 1.94. The van der Waals surface area contributed by atoms with E-state index >= 15 is 0 Å². The van der Waals surface area contributed by atoms with Crippen LogP contribution in [0.4, 0.5) is 5.82 Å². The Kier molecular flexibility index (Phi) is 3.89. The number of rotatable bonds is 3. The summed E-state index contributed by atoms with van der Waals surface area (Å²) in [6.07, 6.45) is 1.21. The topological polar surface area (TPSA) is 56.0 Å². The third kappa shape index (κ3) is 2.92. The van der Waals surface area contributed by atoms with Gasteiger partial charge in [-0.1, -0.05) is 6.92 Å². The molecule has 1 aliphatic heterocycles. The SMILES string of the molecule is CCCN1CCN(c2ccc(C#N)nn2)CC1. The van der Waals surface area contributed by atoms with Gasteiger partial charge in [-0.2, -0.15) is 5.26 Å². The predicted molar refractivity (Wildman–Crippen MR) is 65.7 cm³/mol. The van der Waals surface area contributed by atoms with Gasteiger partial charge in [0.1, 0.15) is 6.07 Å². The highest BCUT2D eigenvalue weighted by molar-refractivity contribution is 5.39. The summed E-state index contributed by atoms with van der Waals surface area (Å²) in [4.78, 5) is 4.69. The van der Waals surface area contributed by atoms with Crippen molar-refractivity contribution in [1.82, 2.24) is 15.1 Å². The Morgan fingerprint density at radius 1 is 1.24 bits per heavy atom. The molecule has 0 atom stereocenters. The van der Waals surface area contributed by atoms with Gasteiger partial charge in [-0.05, 0) is 25.1 Å². The van der Waals surface area contributed by atoms with Gasteiger partial charge in [0.15, 0.2) is 11.5 Å². The number of aromatic nitrogens is 2. The van der Waals surface area contributed by atoms with Crippen LogP contribution in [0.25, 0.3) is 0 Å². The van der Waals surface area contributed by atoms with Gasteiger partial charge in [0.05, 0.1) is 0 Å². The van der Waals surface area contributed by atoms with Gasteiger partial charge in [0, 0.05) is 26.2 Å². The second-order valence-corrected chi connectivity index (χ2v) is 4.22. The van der Waals surface area contributed by atoms with Crippen molar-refractivity contribution >= 4 is 5.82 Å². The highest BCUT2D eigenvalue weighted by atomic mass is 15.3. The smallest absolute Gasteiger partial charge is 0.163 e. The molecule has 0 aromatic carbocycles. The van der Waals surface area contributed by atoms with Crippen LogP contribution in [0, 0.1) is 11.3 Å². The summed E-state index contributed by atoms with van der Waals surface area (Å²) in [5, 5.41) is 16.6. The molecule has 0 aliphatic carbocycles. The summed E-state index contributed by atoms with van der Waals surface area (Å²) in [6.45, 7) is 7.51. The normalized spacial score (nSPS) is 16.8. The lowest BCUT2D eigenvalue weighted by atomic mass is 10.3. The van der Waals surface area contributed by atoms with E-state index in [2.05, 4.69) is 26.9 Å². The molecule has 0 radical (unpaired) electrons. The van der Waals surface area contributed by atoms with Gasteiger partial charge in [-0.15, -0.1) is 10.2 Å². The quantitative estimate of drug-likeness (QED) is 0.773. The monoisotopic (exact) mass is 231 g/mol. The van der Waals surface area contributed by atoms with E-state index in [9.17, 15) is 0 Å². The molecule has 90 valence electrons. The highest BCUT2D eigenvalue weighted by Crippen LogP contribution is 2.12. The number of nitrogens with zero attached hydrogens (tertiary/aromatic N) is 5. The Bertz CT molecular complexity index is 386. The fourth-order valence-corrected chi connectivity index (χ4v) is 2.07. The number of piperazine rings is 1. The van der Waals surface area contributed by atoms with Gasteiger partial charge in [0.25, 0.3) is 0 Å². The van der Waals surface area contributed by atoms with Crippen LogP contribution in [0.5, 0.6) is 0 Å². The molecule has 1 fully saturated rings. The Morgan fingerprint density at radius 3 is 2.53 bits per heavy atom. The molecule has 0 saturated carbocycles. The van der Waals surface area contributed by atoms with Crippen molar-refractivity contribution in [2.24, 2.45) is 0 Å². The first-order chi connectivity index (χ1) is 8.33. The average molecular weight is 231 g/mol. The zero-order valence-corrected chi connectivity index (χ0v) is 10.1. The number of nitriles is 1. The molecule has 5 heteroatoms. The summed E-state index contributed by atoms with van der Waals surface area (Å²) in [6, 6.07) is 5.58. The van der Waals surface area contributed by atoms with Crippen LogP contribution in [0.2, 0.25) is 0 Å². The van der Waals surface area contributed by atoms with E-state index in [1.54, 1.807) is 6.07 Å². The van der Waals surface area contributed by atoms with Crippen molar-refractivity contribution in [2.75, 3.05) is 37.6 Å². The molecule has 5 nitrogen and oxygen atoms in total. The van der Waals surface area contributed by atoms with Gasteiger partial charge >= 0.3 is 0 Å². The minimum absolute atomic E-state index is 0.373. The van der Waals surface area contributed by atoms with Crippen LogP contribution >= 0.6 is 0 Å². The second-order valence-electron chi connectivity index (χ2n) is 4.22. The maximum absolute atomic E-state index is 8.66. The molecular weight excluding hydrogens is 214 g/mol. The van der Waals surface area contributed by atoms with Crippen molar-refractivity contribution in [3.8, 4) is 6.07 Å². The van der Waals surface area contributed by atoms with Crippen LogP contribution in [-0.4, -0.2) is 47.8 Å². The van der Waals surface area contributed by atoms with E-state index in [1.807, 2.05) is 12.1 Å². The molecule has 0 N–H and O–H groups in total. The molecule has 0 spiro atoms. The molecule has 17 heavy (non-hydrogen) atoms. The molecule has 2 rings (SSSR count). The molecular formula is C12H17N5. The van der Waals surface area contributed by atoms with E-state index in [0.29, 0.717) is 5.69 Å². The third-order valence-electron chi connectivity index (χ3n) is 3.00. The van der Waals surface area contributed by atoms with Gasteiger partial charge < -0.3 is 4.90 Å². The van der Waals surface area contributed by atoms with Crippen LogP contribution in [-0.2, 0) is 0 Å². The number of hydrogen-bond donors (Lipinski definition) is 0. The van der Waals surface area contributed by atoms with E-state index in [1.165, 1.54) is 13.0 Å². The molecule has 0 bridgehead atoms. The minimum atomic E-state index is 0.373. The fourth-order valence-electron chi connectivity index (χ4n) is 2.07. The van der Waals surface area contributed by atoms with Crippen molar-refractivity contribution in [1.29, 1.82) is 5.26 Å². The van der Waals surface area contributed by atoms with Crippen LogP contribution < -0.4 is 4.90 Å². The van der Waals surface area contributed by atoms with Gasteiger partial charge in [-0.25, -0.2) is 0 Å². The summed E-state index contributed by atoms with van der Waals surface area (Å²) in [5.74, 6) is 0.875. The maximum atomic E-state index is 8.66. The van der Waals surface area contributed by atoms with Crippen molar-refractivity contribution in [3.63, 3.8) is 0 Å². The lowest BCUT2D eigenvalue weighted by Gasteiger charge is -2.34. The Hall–Kier alpha value is -1.67. The van der Waals surface area contributed by atoms with Crippen molar-refractivity contribution < 1.29 is 0 Å². The van der Waals surface area contributed by atoms with E-state index in [4.69, 9.17) is 5.26 Å². The summed E-state index contributed by atoms with van der Waals surface area (Å²) >= 11 is 0. The second kappa shape index (κ2) is 5.60.